The van der Waals surface area contributed by atoms with Crippen LogP contribution in [-0.4, -0.2) is 60.4 Å². The highest BCUT2D eigenvalue weighted by molar-refractivity contribution is 5.88. The van der Waals surface area contributed by atoms with Crippen LogP contribution in [-0.2, 0) is 9.53 Å². The van der Waals surface area contributed by atoms with E-state index in [4.69, 9.17) is 9.53 Å². The van der Waals surface area contributed by atoms with Crippen molar-refractivity contribution in [1.82, 2.24) is 14.9 Å². The van der Waals surface area contributed by atoms with Gasteiger partial charge in [-0.25, -0.2) is 14.8 Å². The molecule has 0 unspecified atom stereocenters. The van der Waals surface area contributed by atoms with Gasteiger partial charge in [0, 0.05) is 18.4 Å². The Balaban J connectivity index is 0.000000626. The Bertz CT molecular complexity index is 1060. The van der Waals surface area contributed by atoms with E-state index in [1.54, 1.807) is 6.92 Å². The van der Waals surface area contributed by atoms with E-state index in [2.05, 4.69) is 102 Å². The lowest BCUT2D eigenvalue weighted by atomic mass is 10.0. The van der Waals surface area contributed by atoms with Crippen LogP contribution in [0.4, 0.5) is 5.95 Å². The Morgan fingerprint density at radius 2 is 1.46 bits per heavy atom. The normalized spacial score (nSPS) is 12.1. The molecule has 4 rings (SSSR count). The molecule has 2 heterocycles. The molecule has 0 amide bonds. The topological polar surface area (TPSA) is 84.4 Å². The van der Waals surface area contributed by atoms with Gasteiger partial charge < -0.3 is 19.7 Å². The Labute approximate surface area is 234 Å². The lowest BCUT2D eigenvalue weighted by Crippen LogP contribution is -2.37. The molecule has 39 heavy (non-hydrogen) atoms. The van der Waals surface area contributed by atoms with Crippen molar-refractivity contribution in [3.8, 4) is 11.1 Å². The summed E-state index contributed by atoms with van der Waals surface area (Å²) in [6.45, 7) is 18.6. The molecule has 1 aliphatic heterocycles. The Kier molecular flexibility index (Phi) is 19.7. The van der Waals surface area contributed by atoms with E-state index in [0.717, 1.165) is 25.9 Å². The number of carbonyl (C=O) groups excluding carboxylic acids is 2. The third kappa shape index (κ3) is 14.5. The van der Waals surface area contributed by atoms with Gasteiger partial charge in [-0.05, 0) is 58.0 Å². The van der Waals surface area contributed by atoms with Gasteiger partial charge in [-0.3, -0.25) is 0 Å². The lowest BCUT2D eigenvalue weighted by molar-refractivity contribution is -0.0980. The molecule has 3 aromatic rings. The summed E-state index contributed by atoms with van der Waals surface area (Å²) in [5.74, 6) is 0.191. The third-order valence-corrected chi connectivity index (χ3v) is 5.37. The van der Waals surface area contributed by atoms with Gasteiger partial charge >= 0.3 is 5.97 Å². The number of nitrogens with zero attached hydrogens (tertiary/aromatic N) is 3. The van der Waals surface area contributed by atoms with E-state index in [0.29, 0.717) is 24.2 Å². The van der Waals surface area contributed by atoms with Crippen molar-refractivity contribution >= 4 is 18.7 Å². The predicted molar refractivity (Wildman–Crippen MR) is 162 cm³/mol. The van der Waals surface area contributed by atoms with Gasteiger partial charge in [-0.2, -0.15) is 0 Å². The van der Waals surface area contributed by atoms with Gasteiger partial charge in [0.2, 0.25) is 5.95 Å². The summed E-state index contributed by atoms with van der Waals surface area (Å²) in [7, 11) is 2.13. The van der Waals surface area contributed by atoms with Crippen LogP contribution in [0.15, 0.2) is 85.9 Å². The van der Waals surface area contributed by atoms with Gasteiger partial charge in [0.25, 0.3) is 0 Å². The number of ether oxygens (including phenoxy) is 1. The van der Waals surface area contributed by atoms with Crippen LogP contribution < -0.4 is 5.32 Å². The second-order valence-corrected chi connectivity index (χ2v) is 8.22. The predicted octanol–water partition coefficient (Wildman–Crippen LogP) is 6.62. The largest absolute Gasteiger partial charge is 0.462 e. The summed E-state index contributed by atoms with van der Waals surface area (Å²) < 4.78 is 4.88. The first-order valence-electron chi connectivity index (χ1n) is 13.1. The smallest absolute Gasteiger partial charge is 0.341 e. The highest BCUT2D eigenvalue weighted by Gasteiger charge is 2.17. The number of piperidine rings is 1. The molecule has 1 fully saturated rings. The molecule has 7 nitrogen and oxygen atoms in total. The Morgan fingerprint density at radius 1 is 0.974 bits per heavy atom. The minimum atomic E-state index is -0.381. The number of anilines is 1. The molecular weight excluding hydrogens is 488 g/mol. The van der Waals surface area contributed by atoms with Gasteiger partial charge in [0.1, 0.15) is 6.79 Å². The number of likely N-dealkylation sites (tertiary alicyclic amines) is 1. The number of nitrogens with one attached hydrogen (secondary N) is 1. The van der Waals surface area contributed by atoms with Crippen molar-refractivity contribution in [3.63, 3.8) is 0 Å². The number of benzene rings is 2. The monoisotopic (exact) mass is 532 g/mol. The third-order valence-electron chi connectivity index (χ3n) is 5.37. The van der Waals surface area contributed by atoms with Crippen molar-refractivity contribution in [1.29, 1.82) is 0 Å². The maximum absolute atomic E-state index is 11.5. The summed E-state index contributed by atoms with van der Waals surface area (Å²) in [5.41, 5.74) is 6.50. The molecule has 7 heteroatoms. The van der Waals surface area contributed by atoms with E-state index in [1.165, 1.54) is 29.1 Å². The molecule has 0 spiro atoms. The molecular formula is C32H44N4O3. The lowest BCUT2D eigenvalue weighted by Gasteiger charge is -2.29. The maximum atomic E-state index is 11.5. The molecule has 1 saturated heterocycles. The highest BCUT2D eigenvalue weighted by atomic mass is 16.5. The fourth-order valence-electron chi connectivity index (χ4n) is 3.43. The van der Waals surface area contributed by atoms with Gasteiger partial charge in [-0.15, -0.1) is 5.73 Å². The zero-order chi connectivity index (χ0) is 29.5. The first-order chi connectivity index (χ1) is 19.0. The summed E-state index contributed by atoms with van der Waals surface area (Å²) in [4.78, 5) is 30.1. The number of hydrogen-bond donors (Lipinski definition) is 1. The Morgan fingerprint density at radius 3 is 1.95 bits per heavy atom. The minimum absolute atomic E-state index is 0.356. The quantitative estimate of drug-likeness (QED) is 0.292. The van der Waals surface area contributed by atoms with Crippen LogP contribution in [0.2, 0.25) is 0 Å². The zero-order valence-electron chi connectivity index (χ0n) is 24.2. The van der Waals surface area contributed by atoms with Crippen molar-refractivity contribution in [2.45, 2.75) is 46.6 Å². The van der Waals surface area contributed by atoms with E-state index in [1.807, 2.05) is 26.7 Å². The fraction of sp³-hybridized carbons (Fsp3) is 0.344. The molecule has 0 aliphatic carbocycles. The second kappa shape index (κ2) is 22.0. The van der Waals surface area contributed by atoms with Crippen molar-refractivity contribution in [2.24, 2.45) is 0 Å². The van der Waals surface area contributed by atoms with Crippen molar-refractivity contribution < 1.29 is 14.3 Å². The molecule has 0 radical (unpaired) electrons. The zero-order valence-corrected chi connectivity index (χ0v) is 24.2. The summed E-state index contributed by atoms with van der Waals surface area (Å²) in [6.07, 6.45) is 5.17. The molecule has 2 aromatic carbocycles. The molecule has 1 N–H and O–H groups in total. The van der Waals surface area contributed by atoms with E-state index in [9.17, 15) is 4.79 Å². The number of carbonyl (C=O) groups is 2. The van der Waals surface area contributed by atoms with Crippen LogP contribution in [0.5, 0.6) is 0 Å². The first kappa shape index (κ1) is 34.9. The van der Waals surface area contributed by atoms with Crippen LogP contribution >= 0.6 is 0 Å². The molecule has 1 aliphatic rings. The van der Waals surface area contributed by atoms with Crippen LogP contribution in [0.3, 0.4) is 0 Å². The molecule has 0 atom stereocenters. The molecule has 0 saturated carbocycles. The second-order valence-electron chi connectivity index (χ2n) is 8.22. The summed E-state index contributed by atoms with van der Waals surface area (Å²) >= 11 is 0. The minimum Gasteiger partial charge on any atom is -0.462 e. The van der Waals surface area contributed by atoms with Gasteiger partial charge in [-0.1, -0.05) is 87.2 Å². The average Bonchev–Trinajstić information content (AvgIpc) is 2.98. The van der Waals surface area contributed by atoms with Crippen molar-refractivity contribution in [3.05, 3.63) is 97.0 Å². The Hall–Kier alpha value is -4.06. The van der Waals surface area contributed by atoms with Crippen LogP contribution in [0.25, 0.3) is 11.1 Å². The summed E-state index contributed by atoms with van der Waals surface area (Å²) in [6, 6.07) is 19.4. The number of hydrogen-bond acceptors (Lipinski definition) is 7. The van der Waals surface area contributed by atoms with E-state index in [-0.39, 0.29) is 5.97 Å². The number of rotatable bonds is 5. The van der Waals surface area contributed by atoms with Crippen LogP contribution in [0.1, 0.15) is 49.5 Å². The standard InChI is InChI=1S/C13H20N4O2.C13H12.C3H4.C2H6.CH2O/c1-3-19-12(18)10-8-14-13(15-9-10)16-11-4-6-17(2)7-5-11;1-11-7-9-13(10-8-11)12-5-3-2-4-6-12;1-3-2;2*1-2/h8-9,11H,3-7H2,1-2H3,(H,14,15,16);2-10H,1H3;1-2H2;1-2H3;1H2. The number of esters is 1. The first-order valence-corrected chi connectivity index (χ1v) is 13.1. The maximum Gasteiger partial charge on any atom is 0.341 e. The SMILES string of the molecule is C=C=C.C=O.CC.CCOC(=O)c1cnc(NC2CCN(C)CC2)nc1.Cc1ccc(-c2ccccc2)cc1. The van der Waals surface area contributed by atoms with E-state index < -0.39 is 0 Å². The number of aryl methyl sites for hydroxylation is 1. The van der Waals surface area contributed by atoms with Gasteiger partial charge in [0.05, 0.1) is 12.2 Å². The van der Waals surface area contributed by atoms with Crippen molar-refractivity contribution in [2.75, 3.05) is 32.1 Å². The fourth-order valence-corrected chi connectivity index (χ4v) is 3.43. The average molecular weight is 533 g/mol. The number of aromatic nitrogens is 2. The highest BCUT2D eigenvalue weighted by Crippen LogP contribution is 2.18. The van der Waals surface area contributed by atoms with Gasteiger partial charge in [0.15, 0.2) is 0 Å². The van der Waals surface area contributed by atoms with E-state index >= 15 is 0 Å². The summed E-state index contributed by atoms with van der Waals surface area (Å²) in [5, 5.41) is 3.30. The molecule has 210 valence electrons. The molecule has 1 aromatic heterocycles. The van der Waals surface area contributed by atoms with Crippen LogP contribution in [0, 0.1) is 6.92 Å². The molecule has 0 bridgehead atoms.